The molecule has 4 aliphatic rings. The van der Waals surface area contributed by atoms with Crippen molar-refractivity contribution < 1.29 is 9.47 Å². The van der Waals surface area contributed by atoms with Crippen LogP contribution in [0.15, 0.2) is 30.5 Å². The topological polar surface area (TPSA) is 31.4 Å². The quantitative estimate of drug-likeness (QED) is 0.791. The SMILES string of the molecule is CC1(C)C2Cc3cc(-c4ccc5c(c4)OCCO5)ncc3C1C2. The lowest BCUT2D eigenvalue weighted by Crippen LogP contribution is -2.48. The van der Waals surface area contributed by atoms with Gasteiger partial charge in [-0.3, -0.25) is 4.98 Å². The molecule has 3 aliphatic carbocycles. The van der Waals surface area contributed by atoms with Gasteiger partial charge in [-0.05, 0) is 65.5 Å². The van der Waals surface area contributed by atoms with Crippen molar-refractivity contribution in [2.75, 3.05) is 13.2 Å². The first-order valence-corrected chi connectivity index (χ1v) is 8.52. The van der Waals surface area contributed by atoms with E-state index in [1.165, 1.54) is 24.0 Å². The summed E-state index contributed by atoms with van der Waals surface area (Å²) in [4.78, 5) is 4.76. The van der Waals surface area contributed by atoms with Crippen LogP contribution in [-0.2, 0) is 6.42 Å². The minimum absolute atomic E-state index is 0.452. The second kappa shape index (κ2) is 4.50. The van der Waals surface area contributed by atoms with Crippen LogP contribution in [0.5, 0.6) is 11.5 Å². The monoisotopic (exact) mass is 307 g/mol. The van der Waals surface area contributed by atoms with Crippen LogP contribution in [-0.4, -0.2) is 18.2 Å². The van der Waals surface area contributed by atoms with Crippen molar-refractivity contribution >= 4 is 0 Å². The van der Waals surface area contributed by atoms with Gasteiger partial charge in [-0.15, -0.1) is 0 Å². The van der Waals surface area contributed by atoms with E-state index in [0.29, 0.717) is 24.5 Å². The fraction of sp³-hybridized carbons (Fsp3) is 0.450. The lowest BCUT2D eigenvalue weighted by atomic mass is 9.47. The zero-order valence-electron chi connectivity index (χ0n) is 13.6. The highest BCUT2D eigenvalue weighted by Gasteiger charge is 2.52. The van der Waals surface area contributed by atoms with E-state index >= 15 is 0 Å². The molecule has 1 aromatic carbocycles. The normalized spacial score (nSPS) is 26.2. The van der Waals surface area contributed by atoms with Gasteiger partial charge >= 0.3 is 0 Å². The lowest BCUT2D eigenvalue weighted by molar-refractivity contribution is 0.0183. The minimum Gasteiger partial charge on any atom is -0.486 e. The molecule has 0 N–H and O–H groups in total. The number of hydrogen-bond acceptors (Lipinski definition) is 3. The highest BCUT2D eigenvalue weighted by molar-refractivity contribution is 5.65. The van der Waals surface area contributed by atoms with Crippen molar-refractivity contribution in [3.8, 4) is 22.8 Å². The van der Waals surface area contributed by atoms with E-state index in [4.69, 9.17) is 14.5 Å². The number of aromatic nitrogens is 1. The van der Waals surface area contributed by atoms with Crippen LogP contribution in [0, 0.1) is 11.3 Å². The number of hydrogen-bond donors (Lipinski definition) is 0. The molecular formula is C20H21NO2. The fourth-order valence-corrected chi connectivity index (χ4v) is 4.51. The Bertz CT molecular complexity index is 796. The Morgan fingerprint density at radius 3 is 2.74 bits per heavy atom. The van der Waals surface area contributed by atoms with E-state index in [1.807, 2.05) is 6.07 Å². The van der Waals surface area contributed by atoms with Gasteiger partial charge in [0, 0.05) is 11.8 Å². The molecule has 0 spiro atoms. The second-order valence-corrected chi connectivity index (χ2v) is 7.64. The molecule has 2 heterocycles. The van der Waals surface area contributed by atoms with Gasteiger partial charge in [0.15, 0.2) is 11.5 Å². The smallest absolute Gasteiger partial charge is 0.162 e. The molecule has 1 saturated carbocycles. The number of rotatable bonds is 1. The summed E-state index contributed by atoms with van der Waals surface area (Å²) in [6.45, 7) is 6.06. The zero-order valence-corrected chi connectivity index (χ0v) is 13.6. The average Bonchev–Trinajstić information content (AvgIpc) is 2.60. The van der Waals surface area contributed by atoms with E-state index < -0.39 is 0 Å². The van der Waals surface area contributed by atoms with Crippen LogP contribution in [0.25, 0.3) is 11.3 Å². The van der Waals surface area contributed by atoms with Crippen molar-refractivity contribution in [2.24, 2.45) is 11.3 Å². The Morgan fingerprint density at radius 1 is 1.09 bits per heavy atom. The van der Waals surface area contributed by atoms with Crippen LogP contribution in [0.4, 0.5) is 0 Å². The van der Waals surface area contributed by atoms with E-state index in [-0.39, 0.29) is 0 Å². The predicted molar refractivity (Wildman–Crippen MR) is 89.0 cm³/mol. The molecule has 2 bridgehead atoms. The summed E-state index contributed by atoms with van der Waals surface area (Å²) < 4.78 is 11.3. The number of ether oxygens (including phenoxy) is 2. The van der Waals surface area contributed by atoms with Crippen molar-refractivity contribution in [2.45, 2.75) is 32.6 Å². The summed E-state index contributed by atoms with van der Waals surface area (Å²) in [5.74, 6) is 3.19. The minimum atomic E-state index is 0.452. The maximum atomic E-state index is 5.70. The maximum absolute atomic E-state index is 5.70. The maximum Gasteiger partial charge on any atom is 0.162 e. The van der Waals surface area contributed by atoms with Gasteiger partial charge in [0.2, 0.25) is 0 Å². The molecule has 0 radical (unpaired) electrons. The first-order chi connectivity index (χ1) is 11.1. The summed E-state index contributed by atoms with van der Waals surface area (Å²) in [6, 6.07) is 8.41. The molecule has 2 unspecified atom stereocenters. The van der Waals surface area contributed by atoms with E-state index in [0.717, 1.165) is 28.7 Å². The highest BCUT2D eigenvalue weighted by atomic mass is 16.6. The number of pyridine rings is 1. The van der Waals surface area contributed by atoms with Crippen LogP contribution in [0.3, 0.4) is 0 Å². The summed E-state index contributed by atoms with van der Waals surface area (Å²) >= 11 is 0. The molecule has 6 rings (SSSR count). The Morgan fingerprint density at radius 2 is 1.91 bits per heavy atom. The Hall–Kier alpha value is -2.03. The third-order valence-corrected chi connectivity index (χ3v) is 6.17. The molecular weight excluding hydrogens is 286 g/mol. The molecule has 3 heteroatoms. The summed E-state index contributed by atoms with van der Waals surface area (Å²) in [5, 5.41) is 0. The van der Waals surface area contributed by atoms with Crippen LogP contribution in [0.2, 0.25) is 0 Å². The van der Waals surface area contributed by atoms with Crippen molar-refractivity contribution in [3.05, 3.63) is 41.6 Å². The standard InChI is InChI=1S/C20H21NO2/c1-20(2)14-7-13-8-17(21-11-15(13)16(20)10-14)12-3-4-18-19(9-12)23-6-5-22-18/h3-4,8-9,11,14,16H,5-7,10H2,1-2H3. The fourth-order valence-electron chi connectivity index (χ4n) is 4.51. The van der Waals surface area contributed by atoms with Gasteiger partial charge in [-0.25, -0.2) is 0 Å². The van der Waals surface area contributed by atoms with Crippen molar-refractivity contribution in [1.29, 1.82) is 0 Å². The summed E-state index contributed by atoms with van der Waals surface area (Å²) in [5.41, 5.74) is 5.56. The Labute approximate surface area is 136 Å². The van der Waals surface area contributed by atoms with Gasteiger partial charge in [-0.1, -0.05) is 13.8 Å². The molecule has 0 saturated heterocycles. The van der Waals surface area contributed by atoms with Gasteiger partial charge in [0.25, 0.3) is 0 Å². The highest BCUT2D eigenvalue weighted by Crippen LogP contribution is 2.62. The Balaban J connectivity index is 1.53. The van der Waals surface area contributed by atoms with E-state index in [2.05, 4.69) is 38.2 Å². The second-order valence-electron chi connectivity index (χ2n) is 7.64. The molecule has 2 aromatic rings. The van der Waals surface area contributed by atoms with E-state index in [1.54, 1.807) is 0 Å². The molecule has 1 aromatic heterocycles. The van der Waals surface area contributed by atoms with Gasteiger partial charge in [-0.2, -0.15) is 0 Å². The summed E-state index contributed by atoms with van der Waals surface area (Å²) in [7, 11) is 0. The average molecular weight is 307 g/mol. The molecule has 3 nitrogen and oxygen atoms in total. The number of fused-ring (bicyclic) bond motifs is 1. The molecule has 1 fully saturated rings. The molecule has 1 aliphatic heterocycles. The van der Waals surface area contributed by atoms with Gasteiger partial charge in [0.1, 0.15) is 13.2 Å². The molecule has 23 heavy (non-hydrogen) atoms. The van der Waals surface area contributed by atoms with Crippen LogP contribution in [0.1, 0.15) is 37.3 Å². The largest absolute Gasteiger partial charge is 0.486 e. The number of benzene rings is 1. The Kier molecular flexibility index (Phi) is 2.62. The first-order valence-electron chi connectivity index (χ1n) is 8.52. The predicted octanol–water partition coefficient (Wildman–Crippen LogP) is 4.21. The molecule has 118 valence electrons. The lowest BCUT2D eigenvalue weighted by Gasteiger charge is -2.57. The zero-order chi connectivity index (χ0) is 15.6. The number of nitrogens with zero attached hydrogens (tertiary/aromatic N) is 1. The van der Waals surface area contributed by atoms with Crippen LogP contribution >= 0.6 is 0 Å². The first kappa shape index (κ1) is 13.4. The third kappa shape index (κ3) is 1.85. The molecule has 2 atom stereocenters. The van der Waals surface area contributed by atoms with Gasteiger partial charge in [0.05, 0.1) is 5.69 Å². The van der Waals surface area contributed by atoms with Crippen molar-refractivity contribution in [1.82, 2.24) is 4.98 Å². The molecule has 0 amide bonds. The van der Waals surface area contributed by atoms with E-state index in [9.17, 15) is 0 Å². The van der Waals surface area contributed by atoms with Crippen molar-refractivity contribution in [3.63, 3.8) is 0 Å². The van der Waals surface area contributed by atoms with Gasteiger partial charge < -0.3 is 9.47 Å². The van der Waals surface area contributed by atoms with Crippen LogP contribution < -0.4 is 9.47 Å². The third-order valence-electron chi connectivity index (χ3n) is 6.17. The summed E-state index contributed by atoms with van der Waals surface area (Å²) in [6.07, 6.45) is 4.65.